The highest BCUT2D eigenvalue weighted by molar-refractivity contribution is 5.98. The maximum absolute atomic E-state index is 10.4. The number of benzene rings is 2. The third-order valence-electron chi connectivity index (χ3n) is 4.27. The van der Waals surface area contributed by atoms with E-state index in [0.717, 1.165) is 10.9 Å². The summed E-state index contributed by atoms with van der Waals surface area (Å²) in [5.74, 6) is 1.22. The molecule has 0 aromatic heterocycles. The van der Waals surface area contributed by atoms with Crippen LogP contribution in [0.25, 0.3) is 10.8 Å². The fraction of sp³-hybridized carbons (Fsp3) is 0.412. The number of aromatic hydroxyl groups is 1. The second-order valence-corrected chi connectivity index (χ2v) is 5.58. The van der Waals surface area contributed by atoms with Gasteiger partial charge in [0.15, 0.2) is 0 Å². The Kier molecular flexibility index (Phi) is 3.62. The number of hydrogen-bond donors (Lipinski definition) is 2. The van der Waals surface area contributed by atoms with Crippen LogP contribution < -0.4 is 9.47 Å². The maximum atomic E-state index is 10.4. The first kappa shape index (κ1) is 14.9. The number of fused-ring (bicyclic) bond motifs is 3. The number of ether oxygens (including phenoxy) is 3. The van der Waals surface area contributed by atoms with Gasteiger partial charge in [-0.2, -0.15) is 0 Å². The molecule has 3 rings (SSSR count). The maximum Gasteiger partial charge on any atom is 0.134 e. The fourth-order valence-electron chi connectivity index (χ4n) is 3.21. The van der Waals surface area contributed by atoms with Crippen LogP contribution in [0.2, 0.25) is 0 Å². The van der Waals surface area contributed by atoms with Gasteiger partial charge in [0, 0.05) is 6.07 Å². The summed E-state index contributed by atoms with van der Waals surface area (Å²) in [6, 6.07) is 5.16. The van der Waals surface area contributed by atoms with Crippen LogP contribution in [-0.2, 0) is 4.74 Å². The number of methoxy groups -OCH3 is 2. The molecule has 0 fully saturated rings. The van der Waals surface area contributed by atoms with Crippen molar-refractivity contribution in [2.75, 3.05) is 14.2 Å². The van der Waals surface area contributed by atoms with E-state index in [1.807, 2.05) is 19.9 Å². The number of hydrogen-bond acceptors (Lipinski definition) is 5. The van der Waals surface area contributed by atoms with Gasteiger partial charge in [-0.3, -0.25) is 0 Å². The zero-order valence-electron chi connectivity index (χ0n) is 13.1. The molecule has 1 aliphatic rings. The van der Waals surface area contributed by atoms with Crippen LogP contribution >= 0.6 is 0 Å². The molecule has 2 aromatic carbocycles. The van der Waals surface area contributed by atoms with Gasteiger partial charge in [-0.25, -0.2) is 0 Å². The number of aliphatic hydroxyl groups excluding tert-OH is 1. The summed E-state index contributed by atoms with van der Waals surface area (Å²) >= 11 is 0. The molecule has 0 aliphatic carbocycles. The second-order valence-electron chi connectivity index (χ2n) is 5.58. The molecule has 0 spiro atoms. The van der Waals surface area contributed by atoms with Gasteiger partial charge in [-0.1, -0.05) is 0 Å². The standard InChI is InChI=1S/C17H20O5/c1-8-15-11-5-10(20-3)6-14(21-4)16(11)13(18)7-12(15)17(19)9(2)22-8/h5-9,17-19H,1-4H3/t8-,9+,17-/m1/s1. The average molecular weight is 304 g/mol. The highest BCUT2D eigenvalue weighted by atomic mass is 16.5. The van der Waals surface area contributed by atoms with E-state index in [-0.39, 0.29) is 18.0 Å². The van der Waals surface area contributed by atoms with E-state index in [9.17, 15) is 10.2 Å². The minimum absolute atomic E-state index is 0.0774. The monoisotopic (exact) mass is 304 g/mol. The highest BCUT2D eigenvalue weighted by Gasteiger charge is 2.33. The summed E-state index contributed by atoms with van der Waals surface area (Å²) in [5, 5.41) is 22.2. The van der Waals surface area contributed by atoms with Gasteiger partial charge in [0.2, 0.25) is 0 Å². The van der Waals surface area contributed by atoms with Gasteiger partial charge in [-0.05, 0) is 42.5 Å². The molecule has 0 saturated heterocycles. The summed E-state index contributed by atoms with van der Waals surface area (Å²) in [5.41, 5.74) is 1.54. The van der Waals surface area contributed by atoms with Crippen LogP contribution in [0.1, 0.15) is 37.2 Å². The largest absolute Gasteiger partial charge is 0.507 e. The van der Waals surface area contributed by atoms with E-state index < -0.39 is 6.10 Å². The zero-order chi connectivity index (χ0) is 16.0. The van der Waals surface area contributed by atoms with E-state index >= 15 is 0 Å². The Labute approximate surface area is 129 Å². The van der Waals surface area contributed by atoms with Crippen molar-refractivity contribution in [2.45, 2.75) is 32.2 Å². The Morgan fingerprint density at radius 1 is 1.09 bits per heavy atom. The summed E-state index contributed by atoms with van der Waals surface area (Å²) < 4.78 is 16.5. The van der Waals surface area contributed by atoms with Crippen molar-refractivity contribution in [3.8, 4) is 17.2 Å². The third-order valence-corrected chi connectivity index (χ3v) is 4.27. The van der Waals surface area contributed by atoms with E-state index in [1.165, 1.54) is 0 Å². The summed E-state index contributed by atoms with van der Waals surface area (Å²) in [6.45, 7) is 3.75. The lowest BCUT2D eigenvalue weighted by Gasteiger charge is -2.34. The first-order chi connectivity index (χ1) is 10.5. The van der Waals surface area contributed by atoms with E-state index in [4.69, 9.17) is 14.2 Å². The Hall–Kier alpha value is -1.98. The molecule has 0 unspecified atom stereocenters. The van der Waals surface area contributed by atoms with E-state index in [2.05, 4.69) is 0 Å². The molecular weight excluding hydrogens is 284 g/mol. The lowest BCUT2D eigenvalue weighted by molar-refractivity contribution is -0.0801. The molecule has 0 radical (unpaired) electrons. The minimum atomic E-state index is -0.779. The lowest BCUT2D eigenvalue weighted by Crippen LogP contribution is -2.27. The van der Waals surface area contributed by atoms with Gasteiger partial charge in [0.1, 0.15) is 23.4 Å². The molecule has 0 bridgehead atoms. The zero-order valence-corrected chi connectivity index (χ0v) is 13.1. The normalized spacial score (nSPS) is 24.1. The van der Waals surface area contributed by atoms with Crippen LogP contribution in [0.4, 0.5) is 0 Å². The summed E-state index contributed by atoms with van der Waals surface area (Å²) in [4.78, 5) is 0. The van der Waals surface area contributed by atoms with Gasteiger partial charge < -0.3 is 24.4 Å². The molecule has 1 heterocycles. The van der Waals surface area contributed by atoms with Gasteiger partial charge >= 0.3 is 0 Å². The topological polar surface area (TPSA) is 68.2 Å². The first-order valence-corrected chi connectivity index (χ1v) is 7.23. The average Bonchev–Trinajstić information content (AvgIpc) is 2.51. The number of rotatable bonds is 2. The number of phenols is 1. The second kappa shape index (κ2) is 5.34. The molecule has 0 amide bonds. The molecule has 118 valence electrons. The van der Waals surface area contributed by atoms with Crippen LogP contribution in [0.3, 0.4) is 0 Å². The predicted molar refractivity (Wildman–Crippen MR) is 82.6 cm³/mol. The van der Waals surface area contributed by atoms with E-state index in [1.54, 1.807) is 26.4 Å². The molecule has 0 saturated carbocycles. The molecular formula is C17H20O5. The van der Waals surface area contributed by atoms with Gasteiger partial charge in [0.05, 0.1) is 31.8 Å². The lowest BCUT2D eigenvalue weighted by atomic mass is 9.87. The van der Waals surface area contributed by atoms with Crippen molar-refractivity contribution in [3.05, 3.63) is 29.3 Å². The first-order valence-electron chi connectivity index (χ1n) is 7.23. The minimum Gasteiger partial charge on any atom is -0.507 e. The van der Waals surface area contributed by atoms with Crippen LogP contribution in [0.5, 0.6) is 17.2 Å². The van der Waals surface area contributed by atoms with Crippen molar-refractivity contribution >= 4 is 10.8 Å². The molecule has 1 aliphatic heterocycles. The Morgan fingerprint density at radius 2 is 1.82 bits per heavy atom. The van der Waals surface area contributed by atoms with E-state index in [0.29, 0.717) is 22.4 Å². The quantitative estimate of drug-likeness (QED) is 0.892. The molecule has 3 atom stereocenters. The Balaban J connectivity index is 2.41. The molecule has 5 nitrogen and oxygen atoms in total. The predicted octanol–water partition coefficient (Wildman–Crippen LogP) is 3.08. The fourth-order valence-corrected chi connectivity index (χ4v) is 3.21. The molecule has 5 heteroatoms. The Bertz CT molecular complexity index is 725. The van der Waals surface area contributed by atoms with Crippen molar-refractivity contribution < 1.29 is 24.4 Å². The van der Waals surface area contributed by atoms with Crippen LogP contribution in [-0.4, -0.2) is 30.5 Å². The molecule has 2 aromatic rings. The van der Waals surface area contributed by atoms with Crippen molar-refractivity contribution in [1.29, 1.82) is 0 Å². The van der Waals surface area contributed by atoms with Gasteiger partial charge in [0.25, 0.3) is 0 Å². The Morgan fingerprint density at radius 3 is 2.45 bits per heavy atom. The molecule has 2 N–H and O–H groups in total. The highest BCUT2D eigenvalue weighted by Crippen LogP contribution is 2.47. The smallest absolute Gasteiger partial charge is 0.134 e. The van der Waals surface area contributed by atoms with Crippen molar-refractivity contribution in [3.63, 3.8) is 0 Å². The summed E-state index contributed by atoms with van der Waals surface area (Å²) in [7, 11) is 3.12. The van der Waals surface area contributed by atoms with Crippen LogP contribution in [0, 0.1) is 0 Å². The number of phenolic OH excluding ortho intramolecular Hbond substituents is 1. The van der Waals surface area contributed by atoms with Crippen molar-refractivity contribution in [2.24, 2.45) is 0 Å². The van der Waals surface area contributed by atoms with Gasteiger partial charge in [-0.15, -0.1) is 0 Å². The van der Waals surface area contributed by atoms with Crippen LogP contribution in [0.15, 0.2) is 18.2 Å². The summed E-state index contributed by atoms with van der Waals surface area (Å²) in [6.07, 6.45) is -1.31. The number of aliphatic hydroxyl groups is 1. The third kappa shape index (κ3) is 2.09. The van der Waals surface area contributed by atoms with Crippen molar-refractivity contribution in [1.82, 2.24) is 0 Å². The SMILES string of the molecule is COc1cc(OC)c2c(O)cc3c(c2c1)[C@@H](C)O[C@@H](C)[C@H]3O. The molecule has 22 heavy (non-hydrogen) atoms.